The van der Waals surface area contributed by atoms with Gasteiger partial charge in [-0.15, -0.1) is 11.8 Å². The number of carbonyl (C=O) groups excluding carboxylic acids is 2. The van der Waals surface area contributed by atoms with Crippen LogP contribution in [0.1, 0.15) is 5.56 Å². The summed E-state index contributed by atoms with van der Waals surface area (Å²) in [6.07, 6.45) is 1.02. The third-order valence-electron chi connectivity index (χ3n) is 5.94. The van der Waals surface area contributed by atoms with Crippen molar-refractivity contribution < 1.29 is 19.1 Å². The Morgan fingerprint density at radius 3 is 1.53 bits per heavy atom. The third kappa shape index (κ3) is 5.83. The summed E-state index contributed by atoms with van der Waals surface area (Å²) in [7, 11) is 1.35. The minimum atomic E-state index is -2.86. The number of hydrogen-bond donors (Lipinski definition) is 0. The predicted octanol–water partition coefficient (Wildman–Crippen LogP) is 5.42. The Balaban J connectivity index is 2.04. The van der Waals surface area contributed by atoms with Crippen LogP contribution in [-0.4, -0.2) is 35.8 Å². The van der Waals surface area contributed by atoms with Crippen molar-refractivity contribution in [2.45, 2.75) is 6.61 Å². The Labute approximate surface area is 227 Å². The summed E-state index contributed by atoms with van der Waals surface area (Å²) in [5.41, 5.74) is 0.846. The molecule has 0 radical (unpaired) electrons. The molecule has 0 atom stereocenters. The Morgan fingerprint density at radius 2 is 1.13 bits per heavy atom. The lowest BCUT2D eigenvalue weighted by molar-refractivity contribution is -0.132. The van der Waals surface area contributed by atoms with Gasteiger partial charge in [-0.25, -0.2) is 9.59 Å². The van der Waals surface area contributed by atoms with E-state index in [0.717, 1.165) is 21.5 Å². The van der Waals surface area contributed by atoms with Crippen LogP contribution in [0.15, 0.2) is 126 Å². The highest BCUT2D eigenvalue weighted by Gasteiger charge is 2.36. The van der Waals surface area contributed by atoms with Gasteiger partial charge in [0.2, 0.25) is 0 Å². The van der Waals surface area contributed by atoms with Crippen molar-refractivity contribution in [2.24, 2.45) is 4.99 Å². The van der Waals surface area contributed by atoms with Gasteiger partial charge in [-0.2, -0.15) is 4.99 Å². The molecule has 1 amide bonds. The number of methoxy groups -OCH3 is 1. The molecule has 0 bridgehead atoms. The number of ether oxygens (including phenoxy) is 2. The predicted molar refractivity (Wildman–Crippen MR) is 160 cm³/mol. The number of rotatable bonds is 7. The van der Waals surface area contributed by atoms with Crippen molar-refractivity contribution in [2.75, 3.05) is 13.4 Å². The van der Waals surface area contributed by atoms with Crippen LogP contribution in [0, 0.1) is 0 Å². The number of carbonyl (C=O) groups is 2. The van der Waals surface area contributed by atoms with E-state index in [1.165, 1.54) is 18.9 Å². The van der Waals surface area contributed by atoms with E-state index in [4.69, 9.17) is 9.47 Å². The fourth-order valence-corrected chi connectivity index (χ4v) is 9.64. The average Bonchev–Trinajstić information content (AvgIpc) is 2.99. The SMILES string of the molecule is COC(=O)C(C(=NC(=O)OCc1ccccc1)SC)=P(c1ccccc1)(c1ccccc1)c1ccccc1. The highest BCUT2D eigenvalue weighted by molar-refractivity contribution is 8.18. The van der Waals surface area contributed by atoms with Crippen molar-refractivity contribution in [3.8, 4) is 0 Å². The summed E-state index contributed by atoms with van der Waals surface area (Å²) < 4.78 is 10.8. The molecule has 4 rings (SSSR count). The molecule has 7 heteroatoms. The molecule has 0 saturated heterocycles. The maximum absolute atomic E-state index is 13.8. The third-order valence-corrected chi connectivity index (χ3v) is 11.1. The van der Waals surface area contributed by atoms with Crippen LogP contribution < -0.4 is 15.9 Å². The Kier molecular flexibility index (Phi) is 9.36. The van der Waals surface area contributed by atoms with Crippen LogP contribution in [0.5, 0.6) is 0 Å². The molecule has 4 aromatic carbocycles. The first-order chi connectivity index (χ1) is 18.6. The minimum absolute atomic E-state index is 0.0781. The molecule has 0 heterocycles. The Morgan fingerprint density at radius 1 is 0.711 bits per heavy atom. The van der Waals surface area contributed by atoms with Crippen molar-refractivity contribution in [1.82, 2.24) is 0 Å². The molecule has 0 aliphatic rings. The maximum Gasteiger partial charge on any atom is 0.435 e. The average molecular weight is 542 g/mol. The summed E-state index contributed by atoms with van der Waals surface area (Å²) in [6, 6.07) is 39.0. The first-order valence-corrected chi connectivity index (χ1v) is 15.0. The van der Waals surface area contributed by atoms with Crippen LogP contribution in [0.25, 0.3) is 0 Å². The van der Waals surface area contributed by atoms with E-state index >= 15 is 0 Å². The summed E-state index contributed by atoms with van der Waals surface area (Å²) >= 11 is 1.22. The first-order valence-electron chi connectivity index (χ1n) is 12.0. The number of esters is 1. The number of nitrogens with zero attached hydrogens (tertiary/aromatic N) is 1. The van der Waals surface area contributed by atoms with Crippen molar-refractivity contribution in [3.63, 3.8) is 0 Å². The lowest BCUT2D eigenvalue weighted by Gasteiger charge is -2.32. The number of aliphatic imine (C=N–C) groups is 1. The monoisotopic (exact) mass is 541 g/mol. The van der Waals surface area contributed by atoms with E-state index in [-0.39, 0.29) is 11.7 Å². The topological polar surface area (TPSA) is 65.0 Å². The van der Waals surface area contributed by atoms with Crippen LogP contribution in [0.3, 0.4) is 0 Å². The zero-order valence-electron chi connectivity index (χ0n) is 21.2. The molecule has 4 aromatic rings. The number of thioether (sulfide) groups is 1. The number of benzene rings is 4. The lowest BCUT2D eigenvalue weighted by atomic mass is 10.2. The van der Waals surface area contributed by atoms with E-state index < -0.39 is 18.9 Å². The highest BCUT2D eigenvalue weighted by Crippen LogP contribution is 2.47. The quantitative estimate of drug-likeness (QED) is 0.135. The molecule has 0 aliphatic heterocycles. The van der Waals surface area contributed by atoms with Crippen LogP contribution in [0.4, 0.5) is 4.79 Å². The van der Waals surface area contributed by atoms with Crippen LogP contribution in [0.2, 0.25) is 0 Å². The number of amides is 1. The van der Waals surface area contributed by atoms with E-state index in [2.05, 4.69) is 4.99 Å². The van der Waals surface area contributed by atoms with E-state index in [9.17, 15) is 9.59 Å². The van der Waals surface area contributed by atoms with E-state index in [1.54, 1.807) is 6.26 Å². The largest absolute Gasteiger partial charge is 0.465 e. The molecular formula is C31H28NO4PS. The molecule has 0 unspecified atom stereocenters. The zero-order valence-corrected chi connectivity index (χ0v) is 22.9. The second-order valence-corrected chi connectivity index (χ2v) is 12.3. The van der Waals surface area contributed by atoms with Gasteiger partial charge in [0, 0.05) is 0 Å². The first kappa shape index (κ1) is 27.2. The van der Waals surface area contributed by atoms with Crippen molar-refractivity contribution >= 4 is 57.0 Å². The molecule has 0 fully saturated rings. The molecule has 0 aromatic heterocycles. The van der Waals surface area contributed by atoms with Gasteiger partial charge in [-0.3, -0.25) is 0 Å². The normalized spacial score (nSPS) is 11.5. The standard InChI is InChI=1S/C31H28NO4PS/c1-35-30(33)28(29(38-2)32-31(34)36-23-24-15-7-3-8-16-24)37(25-17-9-4-10-18-25,26-19-11-5-12-20-26)27-21-13-6-14-22-27/h3-22H,23H2,1-2H3. The van der Waals surface area contributed by atoms with Gasteiger partial charge in [0.05, 0.1) is 7.11 Å². The second-order valence-electron chi connectivity index (χ2n) is 8.18. The van der Waals surface area contributed by atoms with Gasteiger partial charge in [0.15, 0.2) is 0 Å². The van der Waals surface area contributed by atoms with E-state index in [1.807, 2.05) is 121 Å². The highest BCUT2D eigenvalue weighted by atomic mass is 32.2. The fraction of sp³-hybridized carbons (Fsp3) is 0.0968. The molecule has 5 nitrogen and oxygen atoms in total. The zero-order chi connectivity index (χ0) is 26.8. The lowest BCUT2D eigenvalue weighted by Crippen LogP contribution is -2.37. The second kappa shape index (κ2) is 13.1. The smallest absolute Gasteiger partial charge is 0.435 e. The van der Waals surface area contributed by atoms with Gasteiger partial charge >= 0.3 is 12.1 Å². The molecule has 0 N–H and O–H groups in total. The Hall–Kier alpha value is -3.86. The van der Waals surface area contributed by atoms with Crippen LogP contribution >= 0.6 is 18.6 Å². The molecule has 192 valence electrons. The van der Waals surface area contributed by atoms with Gasteiger partial charge in [-0.1, -0.05) is 121 Å². The van der Waals surface area contributed by atoms with Crippen molar-refractivity contribution in [3.05, 3.63) is 127 Å². The molecule has 0 aliphatic carbocycles. The fourth-order valence-electron chi connectivity index (χ4n) is 4.28. The van der Waals surface area contributed by atoms with Gasteiger partial charge in [0.1, 0.15) is 16.9 Å². The Bertz CT molecular complexity index is 1350. The minimum Gasteiger partial charge on any atom is -0.465 e. The maximum atomic E-state index is 13.8. The molecule has 38 heavy (non-hydrogen) atoms. The summed E-state index contributed by atoms with van der Waals surface area (Å²) in [6.45, 7) is -2.78. The van der Waals surface area contributed by atoms with Crippen LogP contribution in [-0.2, 0) is 20.9 Å². The summed E-state index contributed by atoms with van der Waals surface area (Å²) in [5, 5.41) is 3.43. The van der Waals surface area contributed by atoms with Gasteiger partial charge in [-0.05, 0) is 34.6 Å². The molecule has 0 spiro atoms. The summed E-state index contributed by atoms with van der Waals surface area (Å²) in [4.78, 5) is 31.1. The van der Waals surface area contributed by atoms with Crippen molar-refractivity contribution in [1.29, 1.82) is 0 Å². The van der Waals surface area contributed by atoms with E-state index in [0.29, 0.717) is 5.29 Å². The van der Waals surface area contributed by atoms with Gasteiger partial charge in [0.25, 0.3) is 0 Å². The number of hydrogen-bond acceptors (Lipinski definition) is 5. The molecular weight excluding hydrogens is 513 g/mol. The van der Waals surface area contributed by atoms with Gasteiger partial charge < -0.3 is 9.47 Å². The summed E-state index contributed by atoms with van der Waals surface area (Å²) in [5.74, 6) is -0.543. The molecule has 0 saturated carbocycles.